The fourth-order valence-electron chi connectivity index (χ4n) is 2.49. The minimum Gasteiger partial charge on any atom is -0.437 e. The number of benzene rings is 2. The minimum absolute atomic E-state index is 0.245. The van der Waals surface area contributed by atoms with Crippen LogP contribution in [0.25, 0.3) is 10.8 Å². The second-order valence-corrected chi connectivity index (χ2v) is 5.86. The van der Waals surface area contributed by atoms with E-state index in [4.69, 9.17) is 4.74 Å². The van der Waals surface area contributed by atoms with E-state index in [1.165, 1.54) is 6.07 Å². The number of nitrogens with zero attached hydrogens (tertiary/aromatic N) is 1. The lowest BCUT2D eigenvalue weighted by Crippen LogP contribution is -2.09. The number of fused-ring (bicyclic) bond motifs is 1. The number of aromatic amines is 1. The maximum absolute atomic E-state index is 13.9. The molecule has 3 aromatic rings. The van der Waals surface area contributed by atoms with Gasteiger partial charge in [0.2, 0.25) is 5.88 Å². The molecule has 23 heavy (non-hydrogen) atoms. The molecule has 2 aromatic carbocycles. The Hall–Kier alpha value is -2.69. The quantitative estimate of drug-likeness (QED) is 0.790. The van der Waals surface area contributed by atoms with Gasteiger partial charge < -0.3 is 4.74 Å². The van der Waals surface area contributed by atoms with Crippen LogP contribution in [-0.2, 0) is 6.42 Å². The zero-order chi connectivity index (χ0) is 16.4. The van der Waals surface area contributed by atoms with Crippen LogP contribution >= 0.6 is 0 Å². The number of rotatable bonds is 4. The van der Waals surface area contributed by atoms with Crippen molar-refractivity contribution in [3.63, 3.8) is 0 Å². The molecular formula is C18H17FN2O2. The summed E-state index contributed by atoms with van der Waals surface area (Å²) in [5.74, 6) is 0.881. The van der Waals surface area contributed by atoms with E-state index in [-0.39, 0.29) is 11.4 Å². The number of halogens is 1. The highest BCUT2D eigenvalue weighted by Gasteiger charge is 2.11. The fraction of sp³-hybridized carbons (Fsp3) is 0.222. The molecule has 0 spiro atoms. The molecule has 0 bridgehead atoms. The highest BCUT2D eigenvalue weighted by molar-refractivity contribution is 5.85. The van der Waals surface area contributed by atoms with E-state index in [0.29, 0.717) is 40.3 Å². The Balaban J connectivity index is 2.00. The Morgan fingerprint density at radius 3 is 2.65 bits per heavy atom. The summed E-state index contributed by atoms with van der Waals surface area (Å²) in [6.45, 7) is 4.06. The van der Waals surface area contributed by atoms with Gasteiger partial charge in [-0.25, -0.2) is 9.49 Å². The average molecular weight is 312 g/mol. The van der Waals surface area contributed by atoms with Gasteiger partial charge >= 0.3 is 0 Å². The molecule has 0 amide bonds. The highest BCUT2D eigenvalue weighted by atomic mass is 19.1. The van der Waals surface area contributed by atoms with Gasteiger partial charge in [0.15, 0.2) is 0 Å². The summed E-state index contributed by atoms with van der Waals surface area (Å²) < 4.78 is 19.6. The Bertz CT molecular complexity index is 903. The monoisotopic (exact) mass is 312 g/mol. The summed E-state index contributed by atoms with van der Waals surface area (Å²) in [6, 6.07) is 11.7. The molecule has 0 aliphatic carbocycles. The lowest BCUT2D eigenvalue weighted by Gasteiger charge is -2.10. The molecule has 4 nitrogen and oxygen atoms in total. The number of ether oxygens (including phenoxy) is 1. The molecule has 118 valence electrons. The molecule has 0 saturated heterocycles. The van der Waals surface area contributed by atoms with Gasteiger partial charge in [0.05, 0.1) is 10.8 Å². The van der Waals surface area contributed by atoms with E-state index in [1.807, 2.05) is 19.9 Å². The van der Waals surface area contributed by atoms with Crippen molar-refractivity contribution in [1.29, 1.82) is 0 Å². The largest absolute Gasteiger partial charge is 0.437 e. The van der Waals surface area contributed by atoms with Crippen molar-refractivity contribution < 1.29 is 9.13 Å². The van der Waals surface area contributed by atoms with Crippen LogP contribution in [0.5, 0.6) is 11.6 Å². The van der Waals surface area contributed by atoms with Gasteiger partial charge in [-0.05, 0) is 48.2 Å². The predicted molar refractivity (Wildman–Crippen MR) is 87.4 cm³/mol. The molecule has 5 heteroatoms. The number of aromatic nitrogens is 2. The fourth-order valence-corrected chi connectivity index (χ4v) is 2.49. The molecule has 1 N–H and O–H groups in total. The maximum atomic E-state index is 13.9. The molecule has 3 rings (SSSR count). The van der Waals surface area contributed by atoms with Crippen molar-refractivity contribution in [2.24, 2.45) is 5.92 Å². The topological polar surface area (TPSA) is 55.0 Å². The lowest BCUT2D eigenvalue weighted by atomic mass is 10.0. The molecule has 0 saturated carbocycles. The van der Waals surface area contributed by atoms with Gasteiger partial charge in [-0.15, -0.1) is 5.10 Å². The highest BCUT2D eigenvalue weighted by Crippen LogP contribution is 2.27. The molecular weight excluding hydrogens is 295 g/mol. The van der Waals surface area contributed by atoms with Crippen molar-refractivity contribution >= 4 is 10.8 Å². The summed E-state index contributed by atoms with van der Waals surface area (Å²) in [5.41, 5.74) is 0.332. The SMILES string of the molecule is CC(C)Cc1cc(Oc2n[nH]c(=O)c3ccccc23)ccc1F. The Morgan fingerprint density at radius 2 is 1.91 bits per heavy atom. The van der Waals surface area contributed by atoms with Crippen molar-refractivity contribution in [3.8, 4) is 11.6 Å². The Labute approximate surface area is 132 Å². The summed E-state index contributed by atoms with van der Waals surface area (Å²) in [4.78, 5) is 11.8. The molecule has 1 heterocycles. The Kier molecular flexibility index (Phi) is 4.10. The van der Waals surface area contributed by atoms with Crippen LogP contribution in [0.2, 0.25) is 0 Å². The third kappa shape index (κ3) is 3.23. The first-order chi connectivity index (χ1) is 11.0. The van der Waals surface area contributed by atoms with Gasteiger partial charge in [-0.2, -0.15) is 0 Å². The van der Waals surface area contributed by atoms with Crippen LogP contribution in [0.3, 0.4) is 0 Å². The van der Waals surface area contributed by atoms with Crippen LogP contribution in [0, 0.1) is 11.7 Å². The smallest absolute Gasteiger partial charge is 0.272 e. The zero-order valence-electron chi connectivity index (χ0n) is 13.0. The molecule has 0 radical (unpaired) electrons. The normalized spacial score (nSPS) is 11.1. The first kappa shape index (κ1) is 15.2. The number of H-pyrrole nitrogens is 1. The van der Waals surface area contributed by atoms with Crippen LogP contribution in [-0.4, -0.2) is 10.2 Å². The predicted octanol–water partition coefficient (Wildman–Crippen LogP) is 4.05. The second kappa shape index (κ2) is 6.20. The molecule has 1 aromatic heterocycles. The number of nitrogens with one attached hydrogen (secondary N) is 1. The molecule has 0 aliphatic rings. The third-order valence-electron chi connectivity index (χ3n) is 3.52. The lowest BCUT2D eigenvalue weighted by molar-refractivity contribution is 0.457. The van der Waals surface area contributed by atoms with E-state index >= 15 is 0 Å². The molecule has 0 aliphatic heterocycles. The van der Waals surface area contributed by atoms with Crippen molar-refractivity contribution in [3.05, 3.63) is 64.2 Å². The standard InChI is InChI=1S/C18H17FN2O2/c1-11(2)9-12-10-13(7-8-16(12)19)23-18-15-6-4-3-5-14(15)17(22)20-21-18/h3-8,10-11H,9H2,1-2H3,(H,20,22). The van der Waals surface area contributed by atoms with Gasteiger partial charge in [0.1, 0.15) is 11.6 Å². The molecule has 0 unspecified atom stereocenters. The Morgan fingerprint density at radius 1 is 1.17 bits per heavy atom. The van der Waals surface area contributed by atoms with Crippen molar-refractivity contribution in [2.75, 3.05) is 0 Å². The van der Waals surface area contributed by atoms with Gasteiger partial charge in [-0.1, -0.05) is 26.0 Å². The maximum Gasteiger partial charge on any atom is 0.272 e. The first-order valence-corrected chi connectivity index (χ1v) is 7.48. The van der Waals surface area contributed by atoms with Gasteiger partial charge in [-0.3, -0.25) is 4.79 Å². The zero-order valence-corrected chi connectivity index (χ0v) is 13.0. The molecule has 0 atom stereocenters. The van der Waals surface area contributed by atoms with Crippen molar-refractivity contribution in [1.82, 2.24) is 10.2 Å². The van der Waals surface area contributed by atoms with E-state index in [9.17, 15) is 9.18 Å². The second-order valence-electron chi connectivity index (χ2n) is 5.86. The number of hydrogen-bond acceptors (Lipinski definition) is 3. The van der Waals surface area contributed by atoms with Gasteiger partial charge in [0.25, 0.3) is 5.56 Å². The summed E-state index contributed by atoms with van der Waals surface area (Å²) in [6.07, 6.45) is 0.628. The van der Waals surface area contributed by atoms with E-state index < -0.39 is 0 Å². The van der Waals surface area contributed by atoms with Crippen molar-refractivity contribution in [2.45, 2.75) is 20.3 Å². The van der Waals surface area contributed by atoms with Crippen LogP contribution < -0.4 is 10.3 Å². The van der Waals surface area contributed by atoms with Crippen LogP contribution in [0.4, 0.5) is 4.39 Å². The van der Waals surface area contributed by atoms with E-state index in [0.717, 1.165) is 0 Å². The third-order valence-corrected chi connectivity index (χ3v) is 3.52. The van der Waals surface area contributed by atoms with E-state index in [2.05, 4.69) is 10.2 Å². The summed E-state index contributed by atoms with van der Waals surface area (Å²) in [5, 5.41) is 7.50. The molecule has 0 fully saturated rings. The number of hydrogen-bond donors (Lipinski definition) is 1. The van der Waals surface area contributed by atoms with Gasteiger partial charge in [0, 0.05) is 0 Å². The minimum atomic E-state index is -0.271. The summed E-state index contributed by atoms with van der Waals surface area (Å²) >= 11 is 0. The van der Waals surface area contributed by atoms with E-state index in [1.54, 1.807) is 30.3 Å². The summed E-state index contributed by atoms with van der Waals surface area (Å²) in [7, 11) is 0. The van der Waals surface area contributed by atoms with Crippen LogP contribution in [0.1, 0.15) is 19.4 Å². The van der Waals surface area contributed by atoms with Crippen LogP contribution in [0.15, 0.2) is 47.3 Å². The first-order valence-electron chi connectivity index (χ1n) is 7.48. The average Bonchev–Trinajstić information content (AvgIpc) is 2.53.